The fourth-order valence-corrected chi connectivity index (χ4v) is 1.78. The molecule has 0 radical (unpaired) electrons. The maximum atomic E-state index is 4.25. The lowest BCUT2D eigenvalue weighted by atomic mass is 10.5. The third kappa shape index (κ3) is 1.01. The van der Waals surface area contributed by atoms with E-state index in [4.69, 9.17) is 0 Å². The fraction of sp³-hybridized carbons (Fsp3) is 0.429. The summed E-state index contributed by atoms with van der Waals surface area (Å²) in [6.07, 6.45) is 5.58. The van der Waals surface area contributed by atoms with Crippen molar-refractivity contribution in [1.82, 2.24) is 9.55 Å². The van der Waals surface area contributed by atoms with E-state index >= 15 is 0 Å². The summed E-state index contributed by atoms with van der Waals surface area (Å²) in [6.45, 7) is 1.98. The van der Waals surface area contributed by atoms with E-state index in [0.717, 1.165) is 11.5 Å². The third-order valence-electron chi connectivity index (χ3n) is 1.83. The zero-order chi connectivity index (χ0) is 8.55. The molecule has 64 valence electrons. The number of anilines is 1. The van der Waals surface area contributed by atoms with Crippen LogP contribution in [0.1, 0.15) is 11.2 Å². The lowest BCUT2D eigenvalue weighted by molar-refractivity contribution is 0.712. The molecule has 1 aromatic rings. The molecule has 0 saturated heterocycles. The Morgan fingerprint density at radius 1 is 1.67 bits per heavy atom. The predicted octanol–water partition coefficient (Wildman–Crippen LogP) is 1.46. The molecule has 1 atom stereocenters. The Balaban J connectivity index is 2.44. The summed E-state index contributed by atoms with van der Waals surface area (Å²) in [6, 6.07) is 0. The van der Waals surface area contributed by atoms with Crippen molar-refractivity contribution < 1.29 is 0 Å². The highest BCUT2D eigenvalue weighted by molar-refractivity contribution is 7.98. The number of nitrogens with zero attached hydrogens (tertiary/aromatic N) is 3. The molecular formula is C7H10N4S. The Morgan fingerprint density at radius 2 is 2.50 bits per heavy atom. The van der Waals surface area contributed by atoms with Crippen molar-refractivity contribution in [3.8, 4) is 0 Å². The second kappa shape index (κ2) is 2.82. The second-order valence-electron chi connectivity index (χ2n) is 2.57. The van der Waals surface area contributed by atoms with Crippen molar-refractivity contribution in [2.75, 3.05) is 11.6 Å². The van der Waals surface area contributed by atoms with Crippen molar-refractivity contribution in [1.29, 1.82) is 0 Å². The minimum atomic E-state index is 0.141. The van der Waals surface area contributed by atoms with Gasteiger partial charge in [-0.15, -0.1) is 11.8 Å². The first-order valence-corrected chi connectivity index (χ1v) is 4.96. The minimum Gasteiger partial charge on any atom is -0.331 e. The number of thioether (sulfide) groups is 1. The normalized spacial score (nSPS) is 20.3. The Hall–Kier alpha value is -0.970. The number of fused-ring (bicyclic) bond motifs is 1. The van der Waals surface area contributed by atoms with Crippen LogP contribution in [0.25, 0.3) is 0 Å². The summed E-state index contributed by atoms with van der Waals surface area (Å²) >= 11 is 1.69. The van der Waals surface area contributed by atoms with Crippen molar-refractivity contribution in [2.45, 2.75) is 12.4 Å². The van der Waals surface area contributed by atoms with Gasteiger partial charge in [-0.05, 0) is 13.2 Å². The average Bonchev–Trinajstić information content (AvgIpc) is 2.48. The van der Waals surface area contributed by atoms with E-state index in [2.05, 4.69) is 15.3 Å². The standard InChI is InChI=1S/C7H10N4S/c1-5-6-8-3-9-7(12-2)11(6)4-10-5/h3-4,7H,1-2H3,(H,8,9). The Morgan fingerprint density at radius 3 is 3.25 bits per heavy atom. The molecule has 1 N–H and O–H groups in total. The van der Waals surface area contributed by atoms with Gasteiger partial charge < -0.3 is 5.32 Å². The van der Waals surface area contributed by atoms with Gasteiger partial charge in [0.2, 0.25) is 0 Å². The quantitative estimate of drug-likeness (QED) is 0.715. The summed E-state index contributed by atoms with van der Waals surface area (Å²) in [4.78, 5) is 8.46. The average molecular weight is 182 g/mol. The molecule has 4 nitrogen and oxygen atoms in total. The minimum absolute atomic E-state index is 0.141. The van der Waals surface area contributed by atoms with Gasteiger partial charge in [-0.3, -0.25) is 4.57 Å². The largest absolute Gasteiger partial charge is 0.331 e. The summed E-state index contributed by atoms with van der Waals surface area (Å²) < 4.78 is 2.03. The molecule has 1 aliphatic rings. The molecule has 0 aromatic carbocycles. The van der Waals surface area contributed by atoms with E-state index in [1.807, 2.05) is 24.1 Å². The number of hydrogen-bond acceptors (Lipinski definition) is 4. The SMILES string of the molecule is CSC1N=CNc2c(C)ncn21. The number of nitrogens with one attached hydrogen (secondary N) is 1. The van der Waals surface area contributed by atoms with Crippen molar-refractivity contribution in [3.05, 3.63) is 12.0 Å². The van der Waals surface area contributed by atoms with E-state index in [1.54, 1.807) is 18.1 Å². The highest BCUT2D eigenvalue weighted by Crippen LogP contribution is 2.29. The van der Waals surface area contributed by atoms with Crippen molar-refractivity contribution in [2.24, 2.45) is 4.99 Å². The van der Waals surface area contributed by atoms with Crippen LogP contribution in [0.4, 0.5) is 5.82 Å². The van der Waals surface area contributed by atoms with Gasteiger partial charge in [0.25, 0.3) is 0 Å². The van der Waals surface area contributed by atoms with Gasteiger partial charge >= 0.3 is 0 Å². The van der Waals surface area contributed by atoms with Crippen LogP contribution < -0.4 is 5.32 Å². The van der Waals surface area contributed by atoms with E-state index in [-0.39, 0.29) is 5.50 Å². The molecule has 2 rings (SSSR count). The van der Waals surface area contributed by atoms with Gasteiger partial charge in [0, 0.05) is 0 Å². The summed E-state index contributed by atoms with van der Waals surface area (Å²) in [5, 5.41) is 3.07. The van der Waals surface area contributed by atoms with E-state index in [9.17, 15) is 0 Å². The highest BCUT2D eigenvalue weighted by atomic mass is 32.2. The number of hydrogen-bond donors (Lipinski definition) is 1. The summed E-state index contributed by atoms with van der Waals surface area (Å²) in [5.74, 6) is 1.05. The molecular weight excluding hydrogens is 172 g/mol. The lowest BCUT2D eigenvalue weighted by Gasteiger charge is -2.18. The number of aryl methyl sites for hydroxylation is 1. The smallest absolute Gasteiger partial charge is 0.176 e. The number of aromatic nitrogens is 2. The molecule has 0 spiro atoms. The zero-order valence-electron chi connectivity index (χ0n) is 6.98. The molecule has 1 aromatic heterocycles. The maximum Gasteiger partial charge on any atom is 0.176 e. The predicted molar refractivity (Wildman–Crippen MR) is 51.6 cm³/mol. The zero-order valence-corrected chi connectivity index (χ0v) is 7.80. The number of imidazole rings is 1. The van der Waals surface area contributed by atoms with Crippen molar-refractivity contribution >= 4 is 23.9 Å². The monoisotopic (exact) mass is 182 g/mol. The van der Waals surface area contributed by atoms with E-state index < -0.39 is 0 Å². The van der Waals surface area contributed by atoms with Crippen molar-refractivity contribution in [3.63, 3.8) is 0 Å². The maximum absolute atomic E-state index is 4.25. The van der Waals surface area contributed by atoms with Crippen LogP contribution in [0.15, 0.2) is 11.3 Å². The molecule has 0 bridgehead atoms. The first-order chi connectivity index (χ1) is 5.83. The second-order valence-corrected chi connectivity index (χ2v) is 3.46. The van der Waals surface area contributed by atoms with Crippen LogP contribution in [0.2, 0.25) is 0 Å². The molecule has 1 aliphatic heterocycles. The molecule has 0 aliphatic carbocycles. The number of rotatable bonds is 1. The Kier molecular flexibility index (Phi) is 1.80. The number of aliphatic imine (C=N–C) groups is 1. The van der Waals surface area contributed by atoms with Crippen LogP contribution in [-0.2, 0) is 0 Å². The van der Waals surface area contributed by atoms with Crippen LogP contribution in [0, 0.1) is 6.92 Å². The van der Waals surface area contributed by atoms with E-state index in [1.165, 1.54) is 0 Å². The van der Waals surface area contributed by atoms with Gasteiger partial charge in [-0.25, -0.2) is 9.98 Å². The fourth-order valence-electron chi connectivity index (χ4n) is 1.21. The van der Waals surface area contributed by atoms with Gasteiger partial charge in [0.05, 0.1) is 18.4 Å². The highest BCUT2D eigenvalue weighted by Gasteiger charge is 2.16. The van der Waals surface area contributed by atoms with Gasteiger partial charge in [-0.2, -0.15) is 0 Å². The van der Waals surface area contributed by atoms with Gasteiger partial charge in [-0.1, -0.05) is 0 Å². The Bertz CT molecular complexity index is 317. The van der Waals surface area contributed by atoms with Crippen LogP contribution >= 0.6 is 11.8 Å². The molecule has 1 unspecified atom stereocenters. The first kappa shape index (κ1) is 7.67. The molecule has 0 fully saturated rings. The Labute approximate surface area is 75.1 Å². The first-order valence-electron chi connectivity index (χ1n) is 3.67. The molecule has 12 heavy (non-hydrogen) atoms. The third-order valence-corrected chi connectivity index (χ3v) is 2.60. The van der Waals surface area contributed by atoms with Crippen LogP contribution in [0.3, 0.4) is 0 Å². The molecule has 5 heteroatoms. The summed E-state index contributed by atoms with van der Waals surface area (Å²) in [7, 11) is 0. The molecule has 0 amide bonds. The van der Waals surface area contributed by atoms with E-state index in [0.29, 0.717) is 0 Å². The molecule has 0 saturated carbocycles. The lowest BCUT2D eigenvalue weighted by Crippen LogP contribution is -2.14. The molecule has 2 heterocycles. The topological polar surface area (TPSA) is 42.2 Å². The van der Waals surface area contributed by atoms with Gasteiger partial charge in [0.1, 0.15) is 5.82 Å². The van der Waals surface area contributed by atoms with Crippen LogP contribution in [0.5, 0.6) is 0 Å². The van der Waals surface area contributed by atoms with Gasteiger partial charge in [0.15, 0.2) is 5.50 Å². The van der Waals surface area contributed by atoms with Crippen LogP contribution in [-0.4, -0.2) is 22.1 Å². The summed E-state index contributed by atoms with van der Waals surface area (Å²) in [5.41, 5.74) is 1.16.